The second kappa shape index (κ2) is 5.97. The molecule has 2 nitrogen and oxygen atoms in total. The van der Waals surface area contributed by atoms with Gasteiger partial charge in [0, 0.05) is 12.4 Å². The molecule has 0 aliphatic heterocycles. The summed E-state index contributed by atoms with van der Waals surface area (Å²) in [6.45, 7) is 2.05. The summed E-state index contributed by atoms with van der Waals surface area (Å²) in [6.07, 6.45) is 7.55. The monoisotopic (exact) mass is 235 g/mol. The van der Waals surface area contributed by atoms with Crippen molar-refractivity contribution < 1.29 is 0 Å². The molecule has 0 aliphatic rings. The number of nitrogens with zero attached hydrogens (tertiary/aromatic N) is 2. The Labute approximate surface area is 108 Å². The molecule has 0 atom stereocenters. The molecule has 0 aliphatic carbocycles. The number of pyridine rings is 1. The molecular weight excluding hydrogens is 220 g/mol. The van der Waals surface area contributed by atoms with Crippen molar-refractivity contribution in [3.05, 3.63) is 71.4 Å². The number of benzene rings is 1. The number of aryl methyl sites for hydroxylation is 1. The minimum atomic E-state index is 0.775. The first-order valence-electron chi connectivity index (χ1n) is 6.00. The Bertz CT molecular complexity index is 553. The van der Waals surface area contributed by atoms with Crippen LogP contribution in [0.4, 0.5) is 0 Å². The summed E-state index contributed by atoms with van der Waals surface area (Å²) in [5.41, 5.74) is 4.28. The standard InChI is InChI=1S/C16H15N2/c1-13-5-2-8-15(11-17)16(13)9-3-6-14-7-4-10-18-12-14/h2-5,7-8,10,12H,6,9H2,1H3. The lowest BCUT2D eigenvalue weighted by Crippen LogP contribution is -1.97. The summed E-state index contributed by atoms with van der Waals surface area (Å²) in [5, 5.41) is 9.09. The smallest absolute Gasteiger partial charge is 0.0994 e. The summed E-state index contributed by atoms with van der Waals surface area (Å²) in [7, 11) is 0. The fourth-order valence-electron chi connectivity index (χ4n) is 1.98. The molecular formula is C16H15N2. The maximum Gasteiger partial charge on any atom is 0.0994 e. The Morgan fingerprint density at radius 1 is 1.22 bits per heavy atom. The van der Waals surface area contributed by atoms with Crippen LogP contribution in [0.2, 0.25) is 0 Å². The molecule has 2 rings (SSSR count). The second-order valence-corrected chi connectivity index (χ2v) is 4.27. The third-order valence-corrected chi connectivity index (χ3v) is 2.98. The molecule has 2 heteroatoms. The molecule has 1 aromatic heterocycles. The van der Waals surface area contributed by atoms with Crippen molar-refractivity contribution >= 4 is 0 Å². The zero-order valence-electron chi connectivity index (χ0n) is 10.4. The third-order valence-electron chi connectivity index (χ3n) is 2.98. The number of nitriles is 1. The highest BCUT2D eigenvalue weighted by atomic mass is 14.6. The largest absolute Gasteiger partial charge is 0.264 e. The summed E-state index contributed by atoms with van der Waals surface area (Å²) in [4.78, 5) is 4.09. The number of hydrogen-bond donors (Lipinski definition) is 0. The summed E-state index contributed by atoms with van der Waals surface area (Å²) in [5.74, 6) is 0. The molecule has 0 saturated heterocycles. The van der Waals surface area contributed by atoms with E-state index in [2.05, 4.69) is 23.5 Å². The van der Waals surface area contributed by atoms with Gasteiger partial charge in [0.2, 0.25) is 0 Å². The average molecular weight is 235 g/mol. The van der Waals surface area contributed by atoms with Crippen LogP contribution in [-0.4, -0.2) is 4.98 Å². The average Bonchev–Trinajstić information content (AvgIpc) is 2.41. The van der Waals surface area contributed by atoms with Crippen LogP contribution < -0.4 is 0 Å². The van der Waals surface area contributed by atoms with E-state index in [1.807, 2.05) is 37.4 Å². The molecule has 2 aromatic rings. The maximum absolute atomic E-state index is 9.09. The van der Waals surface area contributed by atoms with Gasteiger partial charge in [-0.2, -0.15) is 5.26 Å². The maximum atomic E-state index is 9.09. The van der Waals surface area contributed by atoms with Crippen LogP contribution in [0.15, 0.2) is 42.7 Å². The van der Waals surface area contributed by atoms with Crippen LogP contribution in [0.25, 0.3) is 0 Å². The van der Waals surface area contributed by atoms with Crippen molar-refractivity contribution in [3.63, 3.8) is 0 Å². The molecule has 89 valence electrons. The van der Waals surface area contributed by atoms with Crippen molar-refractivity contribution in [3.8, 4) is 6.07 Å². The highest BCUT2D eigenvalue weighted by Gasteiger charge is 2.05. The normalized spacial score (nSPS) is 10.0. The second-order valence-electron chi connectivity index (χ2n) is 4.27. The molecule has 0 fully saturated rings. The van der Waals surface area contributed by atoms with E-state index in [0.717, 1.165) is 24.0 Å². The summed E-state index contributed by atoms with van der Waals surface area (Å²) >= 11 is 0. The van der Waals surface area contributed by atoms with E-state index in [1.165, 1.54) is 11.1 Å². The summed E-state index contributed by atoms with van der Waals surface area (Å²) in [6, 6.07) is 12.1. The zero-order chi connectivity index (χ0) is 12.8. The van der Waals surface area contributed by atoms with Gasteiger partial charge in [-0.15, -0.1) is 0 Å². The van der Waals surface area contributed by atoms with Crippen molar-refractivity contribution in [2.45, 2.75) is 19.8 Å². The van der Waals surface area contributed by atoms with Crippen LogP contribution >= 0.6 is 0 Å². The van der Waals surface area contributed by atoms with E-state index in [-0.39, 0.29) is 0 Å². The zero-order valence-corrected chi connectivity index (χ0v) is 10.4. The van der Waals surface area contributed by atoms with Crippen LogP contribution in [0.1, 0.15) is 22.3 Å². The van der Waals surface area contributed by atoms with Crippen molar-refractivity contribution in [1.29, 1.82) is 5.26 Å². The predicted molar refractivity (Wildman–Crippen MR) is 71.8 cm³/mol. The van der Waals surface area contributed by atoms with Gasteiger partial charge in [-0.05, 0) is 55.0 Å². The van der Waals surface area contributed by atoms with E-state index in [1.54, 1.807) is 6.20 Å². The van der Waals surface area contributed by atoms with Crippen LogP contribution in [0.3, 0.4) is 0 Å². The van der Waals surface area contributed by atoms with Gasteiger partial charge in [0.25, 0.3) is 0 Å². The van der Waals surface area contributed by atoms with Crippen LogP contribution in [0, 0.1) is 24.7 Å². The highest BCUT2D eigenvalue weighted by Crippen LogP contribution is 2.16. The molecule has 18 heavy (non-hydrogen) atoms. The molecule has 0 saturated carbocycles. The van der Waals surface area contributed by atoms with Crippen molar-refractivity contribution in [1.82, 2.24) is 4.98 Å². The number of aromatic nitrogens is 1. The SMILES string of the molecule is Cc1cccc(C#N)c1C[CH]Cc1cccnc1. The molecule has 1 aromatic carbocycles. The van der Waals surface area contributed by atoms with E-state index < -0.39 is 0 Å². The third kappa shape index (κ3) is 2.95. The minimum absolute atomic E-state index is 0.775. The van der Waals surface area contributed by atoms with Gasteiger partial charge in [0.05, 0.1) is 11.6 Å². The van der Waals surface area contributed by atoms with Crippen molar-refractivity contribution in [2.24, 2.45) is 0 Å². The Morgan fingerprint density at radius 2 is 2.11 bits per heavy atom. The quantitative estimate of drug-likeness (QED) is 0.815. The Balaban J connectivity index is 2.01. The number of rotatable bonds is 4. The first-order valence-corrected chi connectivity index (χ1v) is 6.00. The lowest BCUT2D eigenvalue weighted by Gasteiger charge is -2.07. The minimum Gasteiger partial charge on any atom is -0.264 e. The van der Waals surface area contributed by atoms with E-state index in [9.17, 15) is 0 Å². The van der Waals surface area contributed by atoms with Crippen LogP contribution in [0.5, 0.6) is 0 Å². The fraction of sp³-hybridized carbons (Fsp3) is 0.188. The molecule has 0 N–H and O–H groups in total. The Hall–Kier alpha value is -2.14. The van der Waals surface area contributed by atoms with Gasteiger partial charge in [0.1, 0.15) is 0 Å². The van der Waals surface area contributed by atoms with Crippen molar-refractivity contribution in [2.75, 3.05) is 0 Å². The van der Waals surface area contributed by atoms with Gasteiger partial charge in [-0.1, -0.05) is 18.2 Å². The van der Waals surface area contributed by atoms with Crippen LogP contribution in [-0.2, 0) is 12.8 Å². The molecule has 1 heterocycles. The predicted octanol–water partition coefficient (Wildman–Crippen LogP) is 3.25. The van der Waals surface area contributed by atoms with Gasteiger partial charge in [-0.25, -0.2) is 0 Å². The molecule has 0 amide bonds. The lowest BCUT2D eigenvalue weighted by molar-refractivity contribution is 1.00. The number of hydrogen-bond acceptors (Lipinski definition) is 2. The molecule has 0 unspecified atom stereocenters. The van der Waals surface area contributed by atoms with Gasteiger partial charge in [-0.3, -0.25) is 4.98 Å². The first-order chi connectivity index (χ1) is 8.81. The highest BCUT2D eigenvalue weighted by molar-refractivity contribution is 5.43. The first kappa shape index (κ1) is 12.3. The molecule has 0 spiro atoms. The molecule has 1 radical (unpaired) electrons. The topological polar surface area (TPSA) is 36.7 Å². The lowest BCUT2D eigenvalue weighted by atomic mass is 9.97. The Morgan fingerprint density at radius 3 is 2.83 bits per heavy atom. The Kier molecular flexibility index (Phi) is 4.09. The van der Waals surface area contributed by atoms with E-state index in [0.29, 0.717) is 0 Å². The van der Waals surface area contributed by atoms with E-state index in [4.69, 9.17) is 5.26 Å². The summed E-state index contributed by atoms with van der Waals surface area (Å²) < 4.78 is 0. The van der Waals surface area contributed by atoms with E-state index >= 15 is 0 Å². The van der Waals surface area contributed by atoms with Gasteiger partial charge in [0.15, 0.2) is 0 Å². The van der Waals surface area contributed by atoms with Gasteiger partial charge >= 0.3 is 0 Å². The molecule has 0 bridgehead atoms. The fourth-order valence-corrected chi connectivity index (χ4v) is 1.98. The van der Waals surface area contributed by atoms with Gasteiger partial charge < -0.3 is 0 Å².